The Kier molecular flexibility index (Phi) is 6.04. The maximum Gasteiger partial charge on any atom is 0.311 e. The Morgan fingerprint density at radius 2 is 2.18 bits per heavy atom. The van der Waals surface area contributed by atoms with Gasteiger partial charge in [-0.15, -0.1) is 0 Å². The number of anilines is 1. The molecule has 0 bridgehead atoms. The van der Waals surface area contributed by atoms with Crippen LogP contribution >= 0.6 is 0 Å². The van der Waals surface area contributed by atoms with E-state index in [1.165, 1.54) is 30.0 Å². The lowest BCUT2D eigenvalue weighted by Gasteiger charge is -2.19. The monoisotopic (exact) mass is 390 g/mol. The number of hydrogen-bond acceptors (Lipinski definition) is 8. The van der Waals surface area contributed by atoms with Crippen molar-refractivity contribution in [2.24, 2.45) is 7.05 Å². The predicted octanol–water partition coefficient (Wildman–Crippen LogP) is 1.22. The van der Waals surface area contributed by atoms with Gasteiger partial charge in [-0.1, -0.05) is 0 Å². The first kappa shape index (κ1) is 19.5. The number of carbonyl (C=O) groups is 1. The zero-order valence-electron chi connectivity index (χ0n) is 15.7. The van der Waals surface area contributed by atoms with Crippen LogP contribution < -0.4 is 20.1 Å². The Labute approximate surface area is 161 Å². The molecule has 0 radical (unpaired) electrons. The topological polar surface area (TPSA) is 133 Å². The van der Waals surface area contributed by atoms with Gasteiger partial charge in [-0.3, -0.25) is 20.2 Å². The first-order valence-electron chi connectivity index (χ1n) is 8.84. The van der Waals surface area contributed by atoms with Gasteiger partial charge in [0.05, 0.1) is 12.0 Å². The number of methoxy groups -OCH3 is 1. The van der Waals surface area contributed by atoms with Crippen molar-refractivity contribution in [2.75, 3.05) is 32.1 Å². The van der Waals surface area contributed by atoms with Gasteiger partial charge >= 0.3 is 5.69 Å². The fourth-order valence-corrected chi connectivity index (χ4v) is 2.97. The van der Waals surface area contributed by atoms with Crippen LogP contribution in [0.5, 0.6) is 11.5 Å². The van der Waals surface area contributed by atoms with Crippen LogP contribution in [0.2, 0.25) is 0 Å². The first-order chi connectivity index (χ1) is 13.5. The summed E-state index contributed by atoms with van der Waals surface area (Å²) in [7, 11) is 3.04. The number of nitrogens with zero attached hydrogens (tertiary/aromatic N) is 4. The average molecular weight is 390 g/mol. The van der Waals surface area contributed by atoms with E-state index < -0.39 is 10.8 Å². The van der Waals surface area contributed by atoms with E-state index in [1.54, 1.807) is 7.05 Å². The third-order valence-corrected chi connectivity index (χ3v) is 4.45. The van der Waals surface area contributed by atoms with Crippen molar-refractivity contribution in [2.45, 2.75) is 18.8 Å². The van der Waals surface area contributed by atoms with Gasteiger partial charge in [-0.25, -0.2) is 4.68 Å². The van der Waals surface area contributed by atoms with Crippen LogP contribution in [-0.4, -0.2) is 52.4 Å². The Morgan fingerprint density at radius 1 is 1.43 bits per heavy atom. The molecule has 0 saturated carbocycles. The van der Waals surface area contributed by atoms with Gasteiger partial charge in [0.1, 0.15) is 5.75 Å². The van der Waals surface area contributed by atoms with Crippen molar-refractivity contribution in [3.63, 3.8) is 0 Å². The molecule has 1 aromatic heterocycles. The minimum absolute atomic E-state index is 0.0582. The van der Waals surface area contributed by atoms with E-state index in [4.69, 9.17) is 9.47 Å². The second-order valence-corrected chi connectivity index (χ2v) is 6.37. The number of ether oxygens (including phenoxy) is 2. The lowest BCUT2D eigenvalue weighted by molar-refractivity contribution is -0.385. The molecule has 0 spiro atoms. The standard InChI is InChI=1S/C17H22N6O5/c1-22-17(20-16(21-22)11-5-7-18-8-6-11)19-15(24)10-28-12-3-4-13(23(25)26)14(9-12)27-2/h3-4,9,11,18H,5-8,10H2,1-2H3,(H,19,20,21,24). The largest absolute Gasteiger partial charge is 0.490 e. The van der Waals surface area contributed by atoms with Crippen molar-refractivity contribution >= 4 is 17.5 Å². The number of rotatable bonds is 7. The molecule has 1 fully saturated rings. The summed E-state index contributed by atoms with van der Waals surface area (Å²) in [6.45, 7) is 1.57. The third-order valence-electron chi connectivity index (χ3n) is 4.45. The minimum atomic E-state index is -0.552. The van der Waals surface area contributed by atoms with Crippen LogP contribution in [0.3, 0.4) is 0 Å². The molecule has 2 aromatic rings. The number of aromatic nitrogens is 3. The molecule has 0 atom stereocenters. The Balaban J connectivity index is 1.59. The Morgan fingerprint density at radius 3 is 2.86 bits per heavy atom. The molecule has 28 heavy (non-hydrogen) atoms. The van der Waals surface area contributed by atoms with E-state index in [0.717, 1.165) is 31.8 Å². The molecule has 150 valence electrons. The summed E-state index contributed by atoms with van der Waals surface area (Å²) in [5.41, 5.74) is -0.177. The molecule has 1 saturated heterocycles. The van der Waals surface area contributed by atoms with Gasteiger partial charge in [0.25, 0.3) is 5.91 Å². The van der Waals surface area contributed by atoms with Crippen LogP contribution in [-0.2, 0) is 11.8 Å². The van der Waals surface area contributed by atoms with Crippen molar-refractivity contribution in [1.29, 1.82) is 0 Å². The van der Waals surface area contributed by atoms with Crippen LogP contribution in [0.1, 0.15) is 24.6 Å². The Hall–Kier alpha value is -3.21. The highest BCUT2D eigenvalue weighted by molar-refractivity contribution is 5.90. The fraction of sp³-hybridized carbons (Fsp3) is 0.471. The molecule has 0 unspecified atom stereocenters. The summed E-state index contributed by atoms with van der Waals surface area (Å²) >= 11 is 0. The summed E-state index contributed by atoms with van der Waals surface area (Å²) in [6.07, 6.45) is 1.92. The molecule has 1 amide bonds. The molecule has 1 aliphatic heterocycles. The SMILES string of the molecule is COc1cc(OCC(=O)Nc2nc(C3CCNCC3)nn2C)ccc1[N+](=O)[O-]. The number of benzene rings is 1. The minimum Gasteiger partial charge on any atom is -0.490 e. The average Bonchev–Trinajstić information content (AvgIpc) is 3.07. The lowest BCUT2D eigenvalue weighted by atomic mass is 9.98. The van der Waals surface area contributed by atoms with Gasteiger partial charge in [0, 0.05) is 25.1 Å². The molecule has 11 heteroatoms. The number of nitro benzene ring substituents is 1. The first-order valence-corrected chi connectivity index (χ1v) is 8.84. The summed E-state index contributed by atoms with van der Waals surface area (Å²) in [4.78, 5) is 27.0. The maximum absolute atomic E-state index is 12.2. The number of nitro groups is 1. The molecular formula is C17H22N6O5. The Bertz CT molecular complexity index is 862. The zero-order valence-corrected chi connectivity index (χ0v) is 15.7. The van der Waals surface area contributed by atoms with Gasteiger partial charge < -0.3 is 14.8 Å². The van der Waals surface area contributed by atoms with E-state index in [1.807, 2.05) is 0 Å². The zero-order chi connectivity index (χ0) is 20.1. The molecule has 1 aromatic carbocycles. The molecule has 2 N–H and O–H groups in total. The van der Waals surface area contributed by atoms with Gasteiger partial charge in [0.2, 0.25) is 11.7 Å². The number of hydrogen-bond donors (Lipinski definition) is 2. The normalized spacial score (nSPS) is 14.5. The number of piperidine rings is 1. The predicted molar refractivity (Wildman–Crippen MR) is 99.6 cm³/mol. The lowest BCUT2D eigenvalue weighted by Crippen LogP contribution is -2.27. The maximum atomic E-state index is 12.2. The quantitative estimate of drug-likeness (QED) is 0.532. The van der Waals surface area contributed by atoms with E-state index in [9.17, 15) is 14.9 Å². The summed E-state index contributed by atoms with van der Waals surface area (Å²) in [5, 5.41) is 21.3. The molecular weight excluding hydrogens is 368 g/mol. The summed E-state index contributed by atoms with van der Waals surface area (Å²) in [6, 6.07) is 4.04. The van der Waals surface area contributed by atoms with Gasteiger partial charge in [0.15, 0.2) is 12.4 Å². The molecule has 3 rings (SSSR count). The van der Waals surface area contributed by atoms with Crippen molar-refractivity contribution < 1.29 is 19.2 Å². The second kappa shape index (κ2) is 8.65. The van der Waals surface area contributed by atoms with Gasteiger partial charge in [-0.05, 0) is 32.0 Å². The molecule has 2 heterocycles. The summed E-state index contributed by atoms with van der Waals surface area (Å²) < 4.78 is 11.9. The van der Waals surface area contributed by atoms with E-state index in [-0.39, 0.29) is 29.7 Å². The second-order valence-electron chi connectivity index (χ2n) is 6.37. The smallest absolute Gasteiger partial charge is 0.311 e. The number of nitrogens with one attached hydrogen (secondary N) is 2. The number of amides is 1. The van der Waals surface area contributed by atoms with Crippen molar-refractivity contribution in [3.8, 4) is 11.5 Å². The summed E-state index contributed by atoms with van der Waals surface area (Å²) in [5.74, 6) is 1.28. The van der Waals surface area contributed by atoms with E-state index in [2.05, 4.69) is 20.7 Å². The van der Waals surface area contributed by atoms with Crippen molar-refractivity contribution in [3.05, 3.63) is 34.1 Å². The van der Waals surface area contributed by atoms with Crippen LogP contribution in [0.25, 0.3) is 0 Å². The van der Waals surface area contributed by atoms with Crippen LogP contribution in [0.4, 0.5) is 11.6 Å². The highest BCUT2D eigenvalue weighted by Gasteiger charge is 2.21. The molecule has 1 aliphatic rings. The third kappa shape index (κ3) is 4.55. The molecule has 11 nitrogen and oxygen atoms in total. The number of carbonyl (C=O) groups excluding carboxylic acids is 1. The highest BCUT2D eigenvalue weighted by atomic mass is 16.6. The van der Waals surface area contributed by atoms with E-state index in [0.29, 0.717) is 5.95 Å². The van der Waals surface area contributed by atoms with Crippen LogP contribution in [0, 0.1) is 10.1 Å². The van der Waals surface area contributed by atoms with E-state index >= 15 is 0 Å². The highest BCUT2D eigenvalue weighted by Crippen LogP contribution is 2.30. The van der Waals surface area contributed by atoms with Crippen molar-refractivity contribution in [1.82, 2.24) is 20.1 Å². The number of aryl methyl sites for hydroxylation is 1. The van der Waals surface area contributed by atoms with Gasteiger partial charge in [-0.2, -0.15) is 10.1 Å². The fourth-order valence-electron chi connectivity index (χ4n) is 2.97. The van der Waals surface area contributed by atoms with Crippen LogP contribution in [0.15, 0.2) is 18.2 Å². The molecule has 0 aliphatic carbocycles.